The van der Waals surface area contributed by atoms with E-state index in [0.717, 1.165) is 32.1 Å². The number of hydrogen-bond acceptors (Lipinski definition) is 4. The predicted octanol–water partition coefficient (Wildman–Crippen LogP) is 1.92. The molecule has 2 atom stereocenters. The molecule has 2 unspecified atom stereocenters. The van der Waals surface area contributed by atoms with E-state index >= 15 is 0 Å². The monoisotopic (exact) mass is 372 g/mol. The Kier molecular flexibility index (Phi) is 12.1. The van der Waals surface area contributed by atoms with Gasteiger partial charge in [0.25, 0.3) is 0 Å². The highest BCUT2D eigenvalue weighted by atomic mass is 16.4. The van der Waals surface area contributed by atoms with Gasteiger partial charge in [-0.05, 0) is 18.8 Å². The minimum Gasteiger partial charge on any atom is -0.481 e. The summed E-state index contributed by atoms with van der Waals surface area (Å²) in [5.41, 5.74) is 0. The van der Waals surface area contributed by atoms with Gasteiger partial charge in [0.15, 0.2) is 0 Å². The van der Waals surface area contributed by atoms with Crippen molar-refractivity contribution in [3.05, 3.63) is 0 Å². The van der Waals surface area contributed by atoms with Crippen molar-refractivity contribution in [3.63, 3.8) is 0 Å². The molecule has 0 bridgehead atoms. The van der Waals surface area contributed by atoms with Crippen LogP contribution in [0.4, 0.5) is 0 Å². The third-order valence-corrected chi connectivity index (χ3v) is 4.03. The lowest BCUT2D eigenvalue weighted by Crippen LogP contribution is -2.53. The third kappa shape index (κ3) is 10.7. The molecule has 8 heteroatoms. The van der Waals surface area contributed by atoms with Gasteiger partial charge < -0.3 is 20.8 Å². The predicted molar refractivity (Wildman–Crippen MR) is 96.6 cm³/mol. The molecule has 0 aliphatic heterocycles. The van der Waals surface area contributed by atoms with Crippen molar-refractivity contribution in [3.8, 4) is 0 Å². The van der Waals surface area contributed by atoms with Crippen LogP contribution in [0.1, 0.15) is 72.1 Å². The molecule has 0 saturated carbocycles. The van der Waals surface area contributed by atoms with Gasteiger partial charge in [0.2, 0.25) is 11.8 Å². The van der Waals surface area contributed by atoms with Gasteiger partial charge in [0.05, 0.1) is 0 Å². The molecule has 0 aromatic rings. The lowest BCUT2D eigenvalue weighted by Gasteiger charge is -2.24. The van der Waals surface area contributed by atoms with Gasteiger partial charge in [-0.15, -0.1) is 0 Å². The van der Waals surface area contributed by atoms with Gasteiger partial charge in [-0.1, -0.05) is 46.5 Å². The summed E-state index contributed by atoms with van der Waals surface area (Å²) in [6.07, 6.45) is 4.76. The zero-order chi connectivity index (χ0) is 20.1. The van der Waals surface area contributed by atoms with E-state index < -0.39 is 29.9 Å². The van der Waals surface area contributed by atoms with Crippen LogP contribution in [0, 0.1) is 5.92 Å². The highest BCUT2D eigenvalue weighted by Gasteiger charge is 2.28. The first kappa shape index (κ1) is 23.9. The lowest BCUT2D eigenvalue weighted by molar-refractivity contribution is -0.143. The van der Waals surface area contributed by atoms with Crippen LogP contribution in [-0.2, 0) is 19.2 Å². The topological polar surface area (TPSA) is 133 Å². The highest BCUT2D eigenvalue weighted by molar-refractivity contribution is 5.90. The van der Waals surface area contributed by atoms with Gasteiger partial charge in [-0.3, -0.25) is 14.4 Å². The molecular weight excluding hydrogens is 340 g/mol. The molecule has 4 N–H and O–H groups in total. The molecule has 0 spiro atoms. The van der Waals surface area contributed by atoms with E-state index in [1.54, 1.807) is 13.8 Å². The maximum absolute atomic E-state index is 12.4. The molecule has 150 valence electrons. The number of unbranched alkanes of at least 4 members (excludes halogenated alkanes) is 4. The Balaban J connectivity index is 4.60. The molecule has 0 rings (SSSR count). The standard InChI is InChI=1S/C18H32N2O6/c1-4-5-6-7-8-9-14(21)20-16(12(2)3)17(24)19-13(18(25)26)10-11-15(22)23/h12-13,16H,4-11H2,1-3H3,(H,19,24)(H,20,21)(H,22,23)(H,25,26). The molecule has 0 fully saturated rings. The van der Waals surface area contributed by atoms with Gasteiger partial charge in [-0.25, -0.2) is 4.79 Å². The van der Waals surface area contributed by atoms with Crippen molar-refractivity contribution >= 4 is 23.8 Å². The fraction of sp³-hybridized carbons (Fsp3) is 0.778. The van der Waals surface area contributed by atoms with Crippen LogP contribution in [0.15, 0.2) is 0 Å². The zero-order valence-corrected chi connectivity index (χ0v) is 15.9. The summed E-state index contributed by atoms with van der Waals surface area (Å²) in [6, 6.07) is -2.16. The molecule has 8 nitrogen and oxygen atoms in total. The maximum atomic E-state index is 12.4. The number of nitrogens with one attached hydrogen (secondary N) is 2. The van der Waals surface area contributed by atoms with E-state index in [-0.39, 0.29) is 24.7 Å². The van der Waals surface area contributed by atoms with Crippen LogP contribution in [-0.4, -0.2) is 46.0 Å². The Bertz CT molecular complexity index is 478. The number of rotatable bonds is 14. The molecule has 0 radical (unpaired) electrons. The van der Waals surface area contributed by atoms with Crippen molar-refractivity contribution in [2.24, 2.45) is 5.92 Å². The molecule has 0 aliphatic carbocycles. The molecule has 26 heavy (non-hydrogen) atoms. The van der Waals surface area contributed by atoms with E-state index in [4.69, 9.17) is 10.2 Å². The van der Waals surface area contributed by atoms with Crippen molar-refractivity contribution in [1.29, 1.82) is 0 Å². The first-order chi connectivity index (χ1) is 12.2. The van der Waals surface area contributed by atoms with Crippen molar-refractivity contribution in [2.75, 3.05) is 0 Å². The first-order valence-corrected chi connectivity index (χ1v) is 9.23. The third-order valence-electron chi connectivity index (χ3n) is 4.03. The second-order valence-electron chi connectivity index (χ2n) is 6.79. The SMILES string of the molecule is CCCCCCCC(=O)NC(C(=O)NC(CCC(=O)O)C(=O)O)C(C)C. The summed E-state index contributed by atoms with van der Waals surface area (Å²) in [6.45, 7) is 5.61. The molecule has 0 aromatic carbocycles. The average molecular weight is 372 g/mol. The Hall–Kier alpha value is -2.12. The Labute approximate surface area is 154 Å². The average Bonchev–Trinajstić information content (AvgIpc) is 2.55. The van der Waals surface area contributed by atoms with Crippen molar-refractivity contribution in [1.82, 2.24) is 10.6 Å². The van der Waals surface area contributed by atoms with Crippen LogP contribution in [0.5, 0.6) is 0 Å². The minimum atomic E-state index is -1.30. The Morgan fingerprint density at radius 1 is 0.885 bits per heavy atom. The summed E-state index contributed by atoms with van der Waals surface area (Å²) in [5, 5.41) is 22.8. The van der Waals surface area contributed by atoms with Gasteiger partial charge >= 0.3 is 11.9 Å². The van der Waals surface area contributed by atoms with Crippen LogP contribution in [0.2, 0.25) is 0 Å². The normalized spacial score (nSPS) is 13.1. The number of amides is 2. The first-order valence-electron chi connectivity index (χ1n) is 9.23. The molecule has 2 amide bonds. The van der Waals surface area contributed by atoms with E-state index in [1.807, 2.05) is 0 Å². The fourth-order valence-corrected chi connectivity index (χ4v) is 2.46. The number of aliphatic carboxylic acids is 2. The molecule has 0 saturated heterocycles. The van der Waals surface area contributed by atoms with Crippen molar-refractivity contribution < 1.29 is 29.4 Å². The van der Waals surface area contributed by atoms with Crippen molar-refractivity contribution in [2.45, 2.75) is 84.2 Å². The van der Waals surface area contributed by atoms with Gasteiger partial charge in [0, 0.05) is 12.8 Å². The lowest BCUT2D eigenvalue weighted by atomic mass is 10.0. The largest absolute Gasteiger partial charge is 0.481 e. The van der Waals surface area contributed by atoms with Crippen LogP contribution in [0.25, 0.3) is 0 Å². The summed E-state index contributed by atoms with van der Waals surface area (Å²) in [7, 11) is 0. The molecule has 0 heterocycles. The summed E-state index contributed by atoms with van der Waals surface area (Å²) in [5.74, 6) is -3.52. The Morgan fingerprint density at radius 2 is 1.50 bits per heavy atom. The molecular formula is C18H32N2O6. The molecule has 0 aromatic heterocycles. The minimum absolute atomic E-state index is 0.216. The van der Waals surface area contributed by atoms with E-state index in [2.05, 4.69) is 17.6 Å². The van der Waals surface area contributed by atoms with E-state index in [9.17, 15) is 19.2 Å². The van der Waals surface area contributed by atoms with E-state index in [1.165, 1.54) is 0 Å². The quantitative estimate of drug-likeness (QED) is 0.344. The second kappa shape index (κ2) is 13.1. The molecule has 0 aliphatic rings. The highest BCUT2D eigenvalue weighted by Crippen LogP contribution is 2.08. The maximum Gasteiger partial charge on any atom is 0.326 e. The number of hydrogen-bond donors (Lipinski definition) is 4. The number of carbonyl (C=O) groups is 4. The second-order valence-corrected chi connectivity index (χ2v) is 6.79. The summed E-state index contributed by atoms with van der Waals surface area (Å²) >= 11 is 0. The van der Waals surface area contributed by atoms with E-state index in [0.29, 0.717) is 6.42 Å². The summed E-state index contributed by atoms with van der Waals surface area (Å²) < 4.78 is 0. The van der Waals surface area contributed by atoms with Gasteiger partial charge in [-0.2, -0.15) is 0 Å². The summed E-state index contributed by atoms with van der Waals surface area (Å²) in [4.78, 5) is 46.2. The number of carboxylic acids is 2. The Morgan fingerprint density at radius 3 is 2.00 bits per heavy atom. The van der Waals surface area contributed by atoms with Crippen LogP contribution >= 0.6 is 0 Å². The zero-order valence-electron chi connectivity index (χ0n) is 15.9. The van der Waals surface area contributed by atoms with Crippen LogP contribution in [0.3, 0.4) is 0 Å². The smallest absolute Gasteiger partial charge is 0.326 e. The fourth-order valence-electron chi connectivity index (χ4n) is 2.46. The number of carbonyl (C=O) groups excluding carboxylic acids is 2. The van der Waals surface area contributed by atoms with Crippen LogP contribution < -0.4 is 10.6 Å². The van der Waals surface area contributed by atoms with Gasteiger partial charge in [0.1, 0.15) is 12.1 Å². The number of carboxylic acid groups (broad SMARTS) is 2.